The Hall–Kier alpha value is -5.81. The van der Waals surface area contributed by atoms with E-state index in [2.05, 4.69) is 34.3 Å². The number of aryl methyl sites for hydroxylation is 2. The zero-order valence-electron chi connectivity index (χ0n) is 29.2. The van der Waals surface area contributed by atoms with Gasteiger partial charge in [0.05, 0.1) is 9.85 Å². The summed E-state index contributed by atoms with van der Waals surface area (Å²) in [5.74, 6) is -1.11. The Morgan fingerprint density at radius 2 is 0.811 bits per heavy atom. The number of nitro groups is 2. The Bertz CT molecular complexity index is 1790. The predicted molar refractivity (Wildman–Crippen MR) is 193 cm³/mol. The number of hydrogen-bond donors (Lipinski definition) is 6. The van der Waals surface area contributed by atoms with Crippen molar-refractivity contribution in [3.63, 3.8) is 0 Å². The van der Waals surface area contributed by atoms with Gasteiger partial charge in [-0.25, -0.2) is 0 Å². The molecule has 0 unspecified atom stereocenters. The molecule has 6 N–H and O–H groups in total. The second-order valence-corrected chi connectivity index (χ2v) is 11.8. The van der Waals surface area contributed by atoms with Gasteiger partial charge in [-0.15, -0.1) is 20.5 Å². The maximum Gasteiger partial charge on any atom is 0.271 e. The molecule has 0 bridgehead atoms. The van der Waals surface area contributed by atoms with E-state index in [1.807, 2.05) is 0 Å². The van der Waals surface area contributed by atoms with Crippen LogP contribution in [0, 0.1) is 20.2 Å². The molecule has 0 saturated carbocycles. The first-order valence-corrected chi connectivity index (χ1v) is 16.7. The minimum atomic E-state index is -0.606. The van der Waals surface area contributed by atoms with Gasteiger partial charge in [-0.2, -0.15) is 0 Å². The molecule has 0 aliphatic rings. The third-order valence-corrected chi connectivity index (χ3v) is 7.82. The number of azo groups is 2. The van der Waals surface area contributed by atoms with Crippen LogP contribution in [0.5, 0.6) is 34.5 Å². The van der Waals surface area contributed by atoms with Crippen molar-refractivity contribution in [3.05, 3.63) is 92.0 Å². The van der Waals surface area contributed by atoms with Gasteiger partial charge in [-0.1, -0.05) is 52.4 Å². The van der Waals surface area contributed by atoms with Gasteiger partial charge in [-0.3, -0.25) is 20.2 Å². The molecule has 0 heterocycles. The number of non-ortho nitro benzene ring substituents is 2. The topological polar surface area (TPSA) is 257 Å². The van der Waals surface area contributed by atoms with Crippen LogP contribution in [-0.2, 0) is 29.6 Å². The summed E-state index contributed by atoms with van der Waals surface area (Å²) in [4.78, 5) is 20.4. The smallest absolute Gasteiger partial charge is 0.271 e. The Labute approximate surface area is 315 Å². The summed E-state index contributed by atoms with van der Waals surface area (Å²) in [5, 5.41) is 96.2. The predicted octanol–water partition coefficient (Wildman–Crippen LogP) is 10.5. The van der Waals surface area contributed by atoms with E-state index in [9.17, 15) is 50.9 Å². The van der Waals surface area contributed by atoms with E-state index in [0.717, 1.165) is 87.8 Å². The van der Waals surface area contributed by atoms with Gasteiger partial charge in [0, 0.05) is 53.2 Å². The molecule has 1 radical (unpaired) electrons. The number of aromatic hydroxyl groups is 6. The van der Waals surface area contributed by atoms with Crippen molar-refractivity contribution in [3.8, 4) is 34.5 Å². The van der Waals surface area contributed by atoms with Gasteiger partial charge in [0.15, 0.2) is 0 Å². The van der Waals surface area contributed by atoms with Crippen molar-refractivity contribution >= 4 is 34.1 Å². The average molecular weight is 778 g/mol. The molecule has 0 spiro atoms. The fourth-order valence-corrected chi connectivity index (χ4v) is 4.89. The molecule has 0 saturated heterocycles. The van der Waals surface area contributed by atoms with Crippen LogP contribution in [-0.4, -0.2) is 40.5 Å². The molecule has 16 nitrogen and oxygen atoms in total. The molecule has 4 rings (SSSR count). The maximum absolute atomic E-state index is 10.8. The minimum absolute atomic E-state index is 0. The fraction of sp³-hybridized carbons (Fsp3) is 0.333. The Morgan fingerprint density at radius 3 is 1.13 bits per heavy atom. The molecular weight excluding hydrogens is 735 g/mol. The van der Waals surface area contributed by atoms with Crippen LogP contribution in [0.1, 0.15) is 76.3 Å². The van der Waals surface area contributed by atoms with Crippen LogP contribution in [0.15, 0.2) is 81.1 Å². The molecule has 17 heteroatoms. The molecule has 4 aromatic rings. The van der Waals surface area contributed by atoms with E-state index in [-0.39, 0.29) is 85.4 Å². The summed E-state index contributed by atoms with van der Waals surface area (Å²) in [5.41, 5.74) is 0.851. The number of phenols is 6. The van der Waals surface area contributed by atoms with Gasteiger partial charge < -0.3 is 30.6 Å². The first-order chi connectivity index (χ1) is 24.8. The van der Waals surface area contributed by atoms with Gasteiger partial charge >= 0.3 is 0 Å². The van der Waals surface area contributed by atoms with Crippen molar-refractivity contribution in [2.24, 2.45) is 20.5 Å². The summed E-state index contributed by atoms with van der Waals surface area (Å²) in [6.45, 7) is 4.22. The number of unbranched alkanes of at least 4 members (excludes halogenated alkanes) is 6. The van der Waals surface area contributed by atoms with Crippen LogP contribution >= 0.6 is 0 Å². The van der Waals surface area contributed by atoms with E-state index in [4.69, 9.17) is 0 Å². The number of nitro benzene ring substituents is 2. The number of phenolic OH excluding ortho intramolecular Hbond substituents is 6. The first-order valence-electron chi connectivity index (χ1n) is 16.7. The van der Waals surface area contributed by atoms with Crippen LogP contribution in [0.4, 0.5) is 34.1 Å². The number of hydrogen-bond acceptors (Lipinski definition) is 14. The largest absolute Gasteiger partial charge is 0.508 e. The van der Waals surface area contributed by atoms with Crippen LogP contribution in [0.3, 0.4) is 0 Å². The molecule has 285 valence electrons. The molecular formula is C36H42CoN6O10. The number of nitrogens with zero attached hydrogens (tertiary/aromatic N) is 6. The van der Waals surface area contributed by atoms with Gasteiger partial charge in [0.25, 0.3) is 11.4 Å². The zero-order chi connectivity index (χ0) is 38.2. The summed E-state index contributed by atoms with van der Waals surface area (Å²) in [7, 11) is 0. The van der Waals surface area contributed by atoms with Crippen molar-refractivity contribution in [1.82, 2.24) is 0 Å². The summed E-state index contributed by atoms with van der Waals surface area (Å²) < 4.78 is 0. The quantitative estimate of drug-likeness (QED) is 0.0271. The van der Waals surface area contributed by atoms with Crippen LogP contribution in [0.25, 0.3) is 0 Å². The van der Waals surface area contributed by atoms with E-state index in [1.54, 1.807) is 0 Å². The SMILES string of the molecule is CCCCCCc1cc(N=Nc2cc([N+](=O)[O-])ccc2O)c(O)cc1O.CCCCCCc1cc(N=Nc2cc([N+](=O)[O-])ccc2O)c(O)cc1O.[Co]. The molecule has 0 aliphatic carbocycles. The Kier molecular flexibility index (Phi) is 17.6. The normalized spacial score (nSPS) is 10.9. The third kappa shape index (κ3) is 13.4. The molecule has 53 heavy (non-hydrogen) atoms. The van der Waals surface area contributed by atoms with Crippen molar-refractivity contribution < 1.29 is 57.3 Å². The van der Waals surface area contributed by atoms with Crippen molar-refractivity contribution in [2.75, 3.05) is 0 Å². The minimum Gasteiger partial charge on any atom is -0.508 e. The fourth-order valence-electron chi connectivity index (χ4n) is 4.89. The van der Waals surface area contributed by atoms with Gasteiger partial charge in [0.1, 0.15) is 57.2 Å². The van der Waals surface area contributed by atoms with E-state index in [0.29, 0.717) is 24.0 Å². The van der Waals surface area contributed by atoms with Crippen LogP contribution in [0.2, 0.25) is 0 Å². The van der Waals surface area contributed by atoms with Crippen LogP contribution < -0.4 is 0 Å². The van der Waals surface area contributed by atoms with Crippen molar-refractivity contribution in [2.45, 2.75) is 78.1 Å². The molecule has 4 aromatic carbocycles. The number of benzene rings is 4. The third-order valence-electron chi connectivity index (χ3n) is 7.82. The maximum atomic E-state index is 10.8. The summed E-state index contributed by atoms with van der Waals surface area (Å²) >= 11 is 0. The second-order valence-electron chi connectivity index (χ2n) is 11.8. The zero-order valence-corrected chi connectivity index (χ0v) is 30.2. The van der Waals surface area contributed by atoms with E-state index in [1.165, 1.54) is 24.3 Å². The molecule has 0 atom stereocenters. The first kappa shape index (κ1) is 43.4. The molecule has 0 amide bonds. The summed E-state index contributed by atoms with van der Waals surface area (Å²) in [6, 6.07) is 12.2. The van der Waals surface area contributed by atoms with Gasteiger partial charge in [0.2, 0.25) is 0 Å². The Morgan fingerprint density at radius 1 is 0.472 bits per heavy atom. The van der Waals surface area contributed by atoms with E-state index < -0.39 is 9.85 Å². The standard InChI is InChI=1S/2C18H21N3O5.Co/c2*1-2-3-4-5-6-12-9-14(18(24)11-17(12)23)19-20-15-10-13(21(25)26)7-8-16(15)22;/h2*7-11,22-24H,2-6H2,1H3;. The molecule has 0 fully saturated rings. The Balaban J connectivity index is 0.000000360. The molecule has 0 aromatic heterocycles. The number of rotatable bonds is 16. The average Bonchev–Trinajstić information content (AvgIpc) is 3.10. The summed E-state index contributed by atoms with van der Waals surface area (Å²) in [6.07, 6.45) is 9.57. The van der Waals surface area contributed by atoms with Crippen molar-refractivity contribution in [1.29, 1.82) is 0 Å². The van der Waals surface area contributed by atoms with Gasteiger partial charge in [-0.05, 0) is 61.1 Å². The second kappa shape index (κ2) is 21.5. The monoisotopic (exact) mass is 777 g/mol. The van der Waals surface area contributed by atoms with E-state index >= 15 is 0 Å². The molecule has 0 aliphatic heterocycles.